The van der Waals surface area contributed by atoms with Gasteiger partial charge in [-0.3, -0.25) is 0 Å². The zero-order valence-corrected chi connectivity index (χ0v) is 30.4. The molecule has 54 heavy (non-hydrogen) atoms. The summed E-state index contributed by atoms with van der Waals surface area (Å²) in [5.41, 5.74) is 12.9. The number of rotatable bonds is 7. The quantitative estimate of drug-likeness (QED) is 0.160. The van der Waals surface area contributed by atoms with Crippen LogP contribution in [0.4, 0.5) is 17.1 Å². The maximum atomic E-state index is 2.47. The summed E-state index contributed by atoms with van der Waals surface area (Å²) in [6, 6.07) is 77.3. The van der Waals surface area contributed by atoms with Crippen molar-refractivity contribution in [2.24, 2.45) is 0 Å². The standard InChI is InChI=1S/C52H35NS/c1-3-15-36(16-4-1)42-32-43(37-17-5-2-6-18-37)35-45(34-42)53(49-28-14-30-51-52(49)48-26-9-10-29-50(48)54-51)44-24-12-22-40(33-44)39-21-11-23-41(31-39)47-27-13-20-38-19-7-8-25-46(38)47/h1-35H. The van der Waals surface area contributed by atoms with E-state index in [1.54, 1.807) is 0 Å². The Morgan fingerprint density at radius 3 is 1.61 bits per heavy atom. The van der Waals surface area contributed by atoms with Crippen molar-refractivity contribution in [3.8, 4) is 44.5 Å². The molecular formula is C52H35NS. The fraction of sp³-hybridized carbons (Fsp3) is 0. The highest BCUT2D eigenvalue weighted by atomic mass is 32.1. The number of hydrogen-bond acceptors (Lipinski definition) is 2. The maximum Gasteiger partial charge on any atom is 0.0554 e. The van der Waals surface area contributed by atoms with E-state index in [2.05, 4.69) is 217 Å². The van der Waals surface area contributed by atoms with Crippen LogP contribution in [0.25, 0.3) is 75.5 Å². The molecule has 0 N–H and O–H groups in total. The Kier molecular flexibility index (Phi) is 8.09. The zero-order chi connectivity index (χ0) is 35.8. The highest BCUT2D eigenvalue weighted by Gasteiger charge is 2.21. The Bertz CT molecular complexity index is 2880. The van der Waals surface area contributed by atoms with Crippen LogP contribution in [0.1, 0.15) is 0 Å². The SMILES string of the molecule is c1ccc(-c2cc(-c3ccccc3)cc(N(c3cccc(-c4cccc(-c5cccc6ccccc56)c4)c3)c3cccc4sc5ccccc5c34)c2)cc1. The topological polar surface area (TPSA) is 3.24 Å². The van der Waals surface area contributed by atoms with Crippen LogP contribution in [-0.2, 0) is 0 Å². The summed E-state index contributed by atoms with van der Waals surface area (Å²) in [4.78, 5) is 2.47. The Morgan fingerprint density at radius 2 is 0.833 bits per heavy atom. The first-order valence-electron chi connectivity index (χ1n) is 18.4. The summed E-state index contributed by atoms with van der Waals surface area (Å²) >= 11 is 1.86. The molecule has 254 valence electrons. The first kappa shape index (κ1) is 32.0. The molecule has 0 saturated heterocycles. The molecular weight excluding hydrogens is 671 g/mol. The van der Waals surface area contributed by atoms with Gasteiger partial charge in [0.1, 0.15) is 0 Å². The van der Waals surface area contributed by atoms with Crippen LogP contribution in [0, 0.1) is 0 Å². The van der Waals surface area contributed by atoms with Gasteiger partial charge in [-0.2, -0.15) is 0 Å². The monoisotopic (exact) mass is 705 g/mol. The molecule has 1 nitrogen and oxygen atoms in total. The number of fused-ring (bicyclic) bond motifs is 4. The molecule has 0 bridgehead atoms. The first-order chi connectivity index (χ1) is 26.8. The molecule has 0 amide bonds. The third-order valence-corrected chi connectivity index (χ3v) is 11.5. The van der Waals surface area contributed by atoms with Crippen molar-refractivity contribution in [1.29, 1.82) is 0 Å². The van der Waals surface area contributed by atoms with E-state index in [-0.39, 0.29) is 0 Å². The second kappa shape index (κ2) is 13.7. The largest absolute Gasteiger partial charge is 0.310 e. The average molecular weight is 706 g/mol. The predicted octanol–water partition coefficient (Wildman–Crippen LogP) is 15.3. The van der Waals surface area contributed by atoms with Crippen LogP contribution in [0.2, 0.25) is 0 Å². The summed E-state index contributed by atoms with van der Waals surface area (Å²) in [7, 11) is 0. The minimum absolute atomic E-state index is 1.11. The number of hydrogen-bond donors (Lipinski definition) is 0. The highest BCUT2D eigenvalue weighted by molar-refractivity contribution is 7.26. The third kappa shape index (κ3) is 5.84. The van der Waals surface area contributed by atoms with Crippen LogP contribution in [0.15, 0.2) is 212 Å². The minimum atomic E-state index is 1.11. The lowest BCUT2D eigenvalue weighted by molar-refractivity contribution is 1.30. The van der Waals surface area contributed by atoms with E-state index >= 15 is 0 Å². The van der Waals surface area contributed by atoms with E-state index in [0.29, 0.717) is 0 Å². The van der Waals surface area contributed by atoms with Crippen LogP contribution >= 0.6 is 11.3 Å². The van der Waals surface area contributed by atoms with Crippen molar-refractivity contribution in [2.75, 3.05) is 4.90 Å². The van der Waals surface area contributed by atoms with E-state index in [1.165, 1.54) is 75.5 Å². The molecule has 0 aliphatic carbocycles. The van der Waals surface area contributed by atoms with E-state index in [9.17, 15) is 0 Å². The molecule has 0 saturated carbocycles. The fourth-order valence-electron chi connectivity index (χ4n) is 7.87. The van der Waals surface area contributed by atoms with Crippen LogP contribution in [-0.4, -0.2) is 0 Å². The van der Waals surface area contributed by atoms with Gasteiger partial charge in [-0.25, -0.2) is 0 Å². The van der Waals surface area contributed by atoms with Gasteiger partial charge >= 0.3 is 0 Å². The number of anilines is 3. The molecule has 0 aliphatic rings. The maximum absolute atomic E-state index is 2.47. The minimum Gasteiger partial charge on any atom is -0.310 e. The van der Waals surface area contributed by atoms with E-state index < -0.39 is 0 Å². The molecule has 10 rings (SSSR count). The van der Waals surface area contributed by atoms with Crippen molar-refractivity contribution >= 4 is 59.3 Å². The number of benzene rings is 9. The van der Waals surface area contributed by atoms with Gasteiger partial charge in [0.25, 0.3) is 0 Å². The second-order valence-corrected chi connectivity index (χ2v) is 14.8. The second-order valence-electron chi connectivity index (χ2n) is 13.7. The van der Waals surface area contributed by atoms with Gasteiger partial charge in [-0.1, -0.05) is 158 Å². The smallest absolute Gasteiger partial charge is 0.0554 e. The molecule has 1 aromatic heterocycles. The van der Waals surface area contributed by atoms with Gasteiger partial charge in [0.2, 0.25) is 0 Å². The van der Waals surface area contributed by atoms with Gasteiger partial charge < -0.3 is 4.90 Å². The van der Waals surface area contributed by atoms with Crippen molar-refractivity contribution in [1.82, 2.24) is 0 Å². The van der Waals surface area contributed by atoms with E-state index in [4.69, 9.17) is 0 Å². The van der Waals surface area contributed by atoms with Gasteiger partial charge in [-0.15, -0.1) is 11.3 Å². The lowest BCUT2D eigenvalue weighted by atomic mass is 9.95. The first-order valence-corrected chi connectivity index (χ1v) is 19.2. The van der Waals surface area contributed by atoms with Gasteiger partial charge in [-0.05, 0) is 110 Å². The van der Waals surface area contributed by atoms with Crippen molar-refractivity contribution in [3.63, 3.8) is 0 Å². The van der Waals surface area contributed by atoms with Gasteiger partial charge in [0, 0.05) is 31.5 Å². The highest BCUT2D eigenvalue weighted by Crippen LogP contribution is 2.47. The molecule has 10 aromatic rings. The summed E-state index contributed by atoms with van der Waals surface area (Å²) in [6.45, 7) is 0. The number of thiophene rings is 1. The molecule has 9 aromatic carbocycles. The Hall–Kier alpha value is -6.74. The summed E-state index contributed by atoms with van der Waals surface area (Å²) < 4.78 is 2.57. The van der Waals surface area contributed by atoms with E-state index in [0.717, 1.165) is 17.1 Å². The lowest BCUT2D eigenvalue weighted by Gasteiger charge is -2.28. The summed E-state index contributed by atoms with van der Waals surface area (Å²) in [5, 5.41) is 5.06. The summed E-state index contributed by atoms with van der Waals surface area (Å²) in [6.07, 6.45) is 0. The summed E-state index contributed by atoms with van der Waals surface area (Å²) in [5.74, 6) is 0. The average Bonchev–Trinajstić information content (AvgIpc) is 3.64. The van der Waals surface area contributed by atoms with Crippen molar-refractivity contribution < 1.29 is 0 Å². The molecule has 0 aliphatic heterocycles. The molecule has 0 radical (unpaired) electrons. The van der Waals surface area contributed by atoms with Crippen molar-refractivity contribution in [3.05, 3.63) is 212 Å². The Labute approximate surface area is 319 Å². The zero-order valence-electron chi connectivity index (χ0n) is 29.6. The predicted molar refractivity (Wildman–Crippen MR) is 233 cm³/mol. The lowest BCUT2D eigenvalue weighted by Crippen LogP contribution is -2.11. The Morgan fingerprint density at radius 1 is 0.315 bits per heavy atom. The molecule has 0 fully saturated rings. The third-order valence-electron chi connectivity index (χ3n) is 10.4. The number of nitrogens with zero attached hydrogens (tertiary/aromatic N) is 1. The van der Waals surface area contributed by atoms with Crippen LogP contribution in [0.3, 0.4) is 0 Å². The normalized spacial score (nSPS) is 11.3. The van der Waals surface area contributed by atoms with Crippen LogP contribution < -0.4 is 4.90 Å². The van der Waals surface area contributed by atoms with Crippen LogP contribution in [0.5, 0.6) is 0 Å². The molecule has 0 unspecified atom stereocenters. The van der Waals surface area contributed by atoms with Gasteiger partial charge in [0.15, 0.2) is 0 Å². The molecule has 1 heterocycles. The molecule has 0 atom stereocenters. The molecule has 2 heteroatoms. The van der Waals surface area contributed by atoms with Gasteiger partial charge in [0.05, 0.1) is 5.69 Å². The van der Waals surface area contributed by atoms with Crippen molar-refractivity contribution in [2.45, 2.75) is 0 Å². The molecule has 0 spiro atoms. The fourth-order valence-corrected chi connectivity index (χ4v) is 9.00. The van der Waals surface area contributed by atoms with E-state index in [1.807, 2.05) is 11.3 Å². The Balaban J connectivity index is 1.20.